The van der Waals surface area contributed by atoms with E-state index in [2.05, 4.69) is 21.2 Å². The van der Waals surface area contributed by atoms with Crippen LogP contribution in [0.1, 0.15) is 12.8 Å². The van der Waals surface area contributed by atoms with Crippen LogP contribution >= 0.6 is 15.9 Å². The van der Waals surface area contributed by atoms with E-state index in [1.54, 1.807) is 7.11 Å². The van der Waals surface area contributed by atoms with Crippen molar-refractivity contribution in [1.29, 1.82) is 0 Å². The monoisotopic (exact) mass is 359 g/mol. The molecule has 0 aliphatic carbocycles. The Morgan fingerprint density at radius 2 is 2.38 bits per heavy atom. The molecular weight excluding hydrogens is 338 g/mol. The highest BCUT2D eigenvalue weighted by Gasteiger charge is 2.16. The molecule has 0 radical (unpaired) electrons. The van der Waals surface area contributed by atoms with Crippen LogP contribution in [0.3, 0.4) is 0 Å². The topological polar surface area (TPSA) is 60.0 Å². The van der Waals surface area contributed by atoms with Gasteiger partial charge in [0.1, 0.15) is 5.75 Å². The van der Waals surface area contributed by atoms with E-state index in [4.69, 9.17) is 14.2 Å². The van der Waals surface area contributed by atoms with Crippen LogP contribution in [0.25, 0.3) is 0 Å². The smallest absolute Gasteiger partial charge is 0.133 e. The first-order valence-electron chi connectivity index (χ1n) is 7.14. The third-order valence-electron chi connectivity index (χ3n) is 3.33. The van der Waals surface area contributed by atoms with Gasteiger partial charge in [-0.3, -0.25) is 0 Å². The Labute approximate surface area is 133 Å². The molecule has 118 valence electrons. The predicted octanol–water partition coefficient (Wildman–Crippen LogP) is 2.43. The van der Waals surface area contributed by atoms with Crippen molar-refractivity contribution in [1.82, 2.24) is 0 Å². The van der Waals surface area contributed by atoms with Crippen molar-refractivity contribution >= 4 is 21.6 Å². The van der Waals surface area contributed by atoms with Gasteiger partial charge in [-0.25, -0.2) is 0 Å². The Morgan fingerprint density at radius 1 is 1.52 bits per heavy atom. The number of aliphatic hydroxyl groups is 1. The molecule has 1 aromatic rings. The molecule has 1 aliphatic rings. The minimum absolute atomic E-state index is 0.197. The zero-order chi connectivity index (χ0) is 15.1. The maximum Gasteiger partial charge on any atom is 0.133 e. The van der Waals surface area contributed by atoms with Crippen molar-refractivity contribution in [2.75, 3.05) is 38.8 Å². The van der Waals surface area contributed by atoms with E-state index in [0.717, 1.165) is 35.4 Å². The van der Waals surface area contributed by atoms with Crippen molar-refractivity contribution in [2.45, 2.75) is 25.0 Å². The summed E-state index contributed by atoms with van der Waals surface area (Å²) in [5.41, 5.74) is 0.917. The average Bonchev–Trinajstić information content (AvgIpc) is 2.98. The second kappa shape index (κ2) is 8.58. The zero-order valence-electron chi connectivity index (χ0n) is 12.2. The second-order valence-electron chi connectivity index (χ2n) is 5.06. The summed E-state index contributed by atoms with van der Waals surface area (Å²) in [6.07, 6.45) is 1.80. The van der Waals surface area contributed by atoms with E-state index < -0.39 is 6.10 Å². The third kappa shape index (κ3) is 5.47. The fourth-order valence-electron chi connectivity index (χ4n) is 2.18. The van der Waals surface area contributed by atoms with Crippen LogP contribution in [0.15, 0.2) is 22.7 Å². The highest BCUT2D eigenvalue weighted by molar-refractivity contribution is 9.10. The molecule has 2 unspecified atom stereocenters. The molecule has 1 heterocycles. The summed E-state index contributed by atoms with van der Waals surface area (Å²) in [4.78, 5) is 0. The van der Waals surface area contributed by atoms with E-state index in [0.29, 0.717) is 19.8 Å². The summed E-state index contributed by atoms with van der Waals surface area (Å²) in [7, 11) is 1.63. The van der Waals surface area contributed by atoms with Gasteiger partial charge in [0, 0.05) is 18.8 Å². The molecule has 5 nitrogen and oxygen atoms in total. The molecule has 2 atom stereocenters. The summed E-state index contributed by atoms with van der Waals surface area (Å²) in [6, 6.07) is 5.69. The number of anilines is 1. The first-order chi connectivity index (χ1) is 10.2. The van der Waals surface area contributed by atoms with Gasteiger partial charge >= 0.3 is 0 Å². The van der Waals surface area contributed by atoms with Gasteiger partial charge in [0.2, 0.25) is 0 Å². The van der Waals surface area contributed by atoms with Crippen LogP contribution in [-0.2, 0) is 9.47 Å². The molecule has 2 rings (SSSR count). The van der Waals surface area contributed by atoms with Crippen molar-refractivity contribution in [3.63, 3.8) is 0 Å². The molecule has 1 aliphatic heterocycles. The normalized spacial score (nSPS) is 19.5. The average molecular weight is 360 g/mol. The SMILES string of the molecule is COc1ccc(NCC(O)COCC2CCCO2)cc1Br. The first-order valence-corrected chi connectivity index (χ1v) is 7.93. The largest absolute Gasteiger partial charge is 0.496 e. The lowest BCUT2D eigenvalue weighted by Gasteiger charge is -2.15. The van der Waals surface area contributed by atoms with Gasteiger partial charge < -0.3 is 24.6 Å². The van der Waals surface area contributed by atoms with E-state index >= 15 is 0 Å². The lowest BCUT2D eigenvalue weighted by Crippen LogP contribution is -2.27. The van der Waals surface area contributed by atoms with Gasteiger partial charge in [-0.15, -0.1) is 0 Å². The minimum atomic E-state index is -0.549. The molecule has 0 bridgehead atoms. The summed E-state index contributed by atoms with van der Waals surface area (Å²) in [5.74, 6) is 0.779. The molecule has 1 aromatic carbocycles. The molecular formula is C15H22BrNO4. The van der Waals surface area contributed by atoms with E-state index in [9.17, 15) is 5.11 Å². The molecule has 2 N–H and O–H groups in total. The predicted molar refractivity (Wildman–Crippen MR) is 85.0 cm³/mol. The van der Waals surface area contributed by atoms with Crippen LogP contribution in [0.2, 0.25) is 0 Å². The molecule has 1 saturated heterocycles. The molecule has 0 aromatic heterocycles. The molecule has 21 heavy (non-hydrogen) atoms. The van der Waals surface area contributed by atoms with E-state index in [1.165, 1.54) is 0 Å². The number of hydrogen-bond donors (Lipinski definition) is 2. The van der Waals surface area contributed by atoms with Gasteiger partial charge in [0.05, 0.1) is 37.0 Å². The summed E-state index contributed by atoms with van der Waals surface area (Å²) < 4.78 is 17.0. The van der Waals surface area contributed by atoms with Crippen molar-refractivity contribution in [2.24, 2.45) is 0 Å². The molecule has 0 saturated carbocycles. The number of benzene rings is 1. The number of nitrogens with one attached hydrogen (secondary N) is 1. The maximum absolute atomic E-state index is 9.89. The standard InChI is InChI=1S/C15H22BrNO4/c1-19-15-5-4-11(7-14(15)16)17-8-12(18)9-20-10-13-3-2-6-21-13/h4-5,7,12-13,17-18H,2-3,6,8-10H2,1H3. The Morgan fingerprint density at radius 3 is 3.05 bits per heavy atom. The fourth-order valence-corrected chi connectivity index (χ4v) is 2.72. The van der Waals surface area contributed by atoms with Gasteiger partial charge in [0.15, 0.2) is 0 Å². The molecule has 1 fully saturated rings. The Balaban J connectivity index is 1.65. The van der Waals surface area contributed by atoms with Crippen LogP contribution < -0.4 is 10.1 Å². The van der Waals surface area contributed by atoms with Crippen LogP contribution in [-0.4, -0.2) is 50.8 Å². The summed E-state index contributed by atoms with van der Waals surface area (Å²) in [6.45, 7) is 2.13. The van der Waals surface area contributed by atoms with Gasteiger partial charge in [-0.1, -0.05) is 0 Å². The van der Waals surface area contributed by atoms with Crippen LogP contribution in [0, 0.1) is 0 Å². The lowest BCUT2D eigenvalue weighted by atomic mass is 10.2. The Kier molecular flexibility index (Phi) is 6.76. The van der Waals surface area contributed by atoms with Gasteiger partial charge in [-0.05, 0) is 47.0 Å². The number of hydrogen-bond acceptors (Lipinski definition) is 5. The fraction of sp³-hybridized carbons (Fsp3) is 0.600. The van der Waals surface area contributed by atoms with E-state index in [1.807, 2.05) is 18.2 Å². The summed E-state index contributed by atoms with van der Waals surface area (Å²) in [5, 5.41) is 13.1. The number of rotatable bonds is 8. The lowest BCUT2D eigenvalue weighted by molar-refractivity contribution is -0.0137. The van der Waals surface area contributed by atoms with Crippen molar-refractivity contribution in [3.05, 3.63) is 22.7 Å². The first kappa shape index (κ1) is 16.5. The number of aliphatic hydroxyl groups excluding tert-OH is 1. The Hall–Kier alpha value is -0.820. The number of halogens is 1. The van der Waals surface area contributed by atoms with E-state index in [-0.39, 0.29) is 6.10 Å². The van der Waals surface area contributed by atoms with Gasteiger partial charge in [-0.2, -0.15) is 0 Å². The van der Waals surface area contributed by atoms with Crippen molar-refractivity contribution < 1.29 is 19.3 Å². The number of ether oxygens (including phenoxy) is 3. The molecule has 6 heteroatoms. The molecule has 0 amide bonds. The van der Waals surface area contributed by atoms with Crippen molar-refractivity contribution in [3.8, 4) is 5.75 Å². The van der Waals surface area contributed by atoms with Gasteiger partial charge in [0.25, 0.3) is 0 Å². The quantitative estimate of drug-likeness (QED) is 0.746. The minimum Gasteiger partial charge on any atom is -0.496 e. The highest BCUT2D eigenvalue weighted by Crippen LogP contribution is 2.27. The zero-order valence-corrected chi connectivity index (χ0v) is 13.8. The Bertz CT molecular complexity index is 438. The number of methoxy groups -OCH3 is 1. The second-order valence-corrected chi connectivity index (χ2v) is 5.91. The van der Waals surface area contributed by atoms with Crippen LogP contribution in [0.4, 0.5) is 5.69 Å². The summed E-state index contributed by atoms with van der Waals surface area (Å²) >= 11 is 3.43. The third-order valence-corrected chi connectivity index (χ3v) is 3.95. The van der Waals surface area contributed by atoms with Crippen LogP contribution in [0.5, 0.6) is 5.75 Å². The maximum atomic E-state index is 9.89. The highest BCUT2D eigenvalue weighted by atomic mass is 79.9. The molecule has 0 spiro atoms.